The van der Waals surface area contributed by atoms with E-state index in [4.69, 9.17) is 9.84 Å². The van der Waals surface area contributed by atoms with Crippen LogP contribution in [0, 0.1) is 0 Å². The molecule has 1 aliphatic carbocycles. The fraction of sp³-hybridized carbons (Fsp3) is 0.833. The highest BCUT2D eigenvalue weighted by atomic mass is 33.1. The van der Waals surface area contributed by atoms with Crippen LogP contribution in [0.5, 0.6) is 0 Å². The molecule has 0 spiro atoms. The monoisotopic (exact) mass is 307 g/mol. The van der Waals surface area contributed by atoms with Gasteiger partial charge in [0, 0.05) is 25.2 Å². The Bertz CT molecular complexity index is 306. The second kappa shape index (κ2) is 8.71. The zero-order valence-electron chi connectivity index (χ0n) is 11.1. The van der Waals surface area contributed by atoms with Gasteiger partial charge in [0.15, 0.2) is 0 Å². The van der Waals surface area contributed by atoms with Crippen molar-refractivity contribution in [3.8, 4) is 0 Å². The molecule has 0 radical (unpaired) electrons. The first-order valence-corrected chi connectivity index (χ1v) is 8.89. The van der Waals surface area contributed by atoms with E-state index in [2.05, 4.69) is 5.32 Å². The Morgan fingerprint density at radius 1 is 1.26 bits per heavy atom. The molecule has 0 atom stereocenters. The van der Waals surface area contributed by atoms with Crippen molar-refractivity contribution in [2.24, 2.45) is 0 Å². The molecule has 0 aromatic heterocycles. The lowest BCUT2D eigenvalue weighted by Crippen LogP contribution is -2.46. The van der Waals surface area contributed by atoms with Gasteiger partial charge in [-0.1, -0.05) is 21.6 Å². The van der Waals surface area contributed by atoms with Gasteiger partial charge >= 0.3 is 5.97 Å². The lowest BCUT2D eigenvalue weighted by Gasteiger charge is -2.25. The van der Waals surface area contributed by atoms with E-state index >= 15 is 0 Å². The number of aliphatic carboxylic acids is 1. The summed E-state index contributed by atoms with van der Waals surface area (Å²) in [6.07, 6.45) is 3.87. The Hall–Kier alpha value is -0.400. The summed E-state index contributed by atoms with van der Waals surface area (Å²) < 4.78 is 5.39. The molecule has 0 aromatic carbocycles. The Kier molecular flexibility index (Phi) is 7.63. The minimum Gasteiger partial charge on any atom is -0.481 e. The predicted molar refractivity (Wildman–Crippen MR) is 78.4 cm³/mol. The van der Waals surface area contributed by atoms with Crippen molar-refractivity contribution in [3.05, 3.63) is 0 Å². The number of methoxy groups -OCH3 is 1. The molecule has 0 saturated heterocycles. The number of ether oxygens (including phenoxy) is 1. The summed E-state index contributed by atoms with van der Waals surface area (Å²) in [5, 5.41) is 11.4. The predicted octanol–water partition coefficient (Wildman–Crippen LogP) is 1.92. The number of carbonyl (C=O) groups is 2. The molecule has 1 amide bonds. The van der Waals surface area contributed by atoms with E-state index in [1.165, 1.54) is 10.8 Å². The summed E-state index contributed by atoms with van der Waals surface area (Å²) in [5.74, 6) is 0.583. The Balaban J connectivity index is 2.08. The van der Waals surface area contributed by atoms with Gasteiger partial charge in [-0.3, -0.25) is 9.59 Å². The molecule has 1 saturated carbocycles. The van der Waals surface area contributed by atoms with Crippen LogP contribution in [-0.4, -0.2) is 47.7 Å². The van der Waals surface area contributed by atoms with Gasteiger partial charge in [0.1, 0.15) is 5.60 Å². The van der Waals surface area contributed by atoms with Crippen molar-refractivity contribution in [1.82, 2.24) is 5.32 Å². The molecule has 0 heterocycles. The summed E-state index contributed by atoms with van der Waals surface area (Å²) in [5.41, 5.74) is -0.610. The number of carbonyl (C=O) groups excluding carboxylic acids is 1. The van der Waals surface area contributed by atoms with Gasteiger partial charge in [-0.25, -0.2) is 0 Å². The highest BCUT2D eigenvalue weighted by Crippen LogP contribution is 2.32. The highest BCUT2D eigenvalue weighted by molar-refractivity contribution is 8.76. The van der Waals surface area contributed by atoms with Crippen molar-refractivity contribution in [3.63, 3.8) is 0 Å². The van der Waals surface area contributed by atoms with Crippen molar-refractivity contribution in [2.75, 3.05) is 25.2 Å². The standard InChI is InChI=1S/C12H21NO4S2/c1-17-12(5-2-3-6-12)11(16)13-7-9-19-18-8-4-10(14)15/h2-9H2,1H3,(H,13,16)(H,14,15). The molecule has 0 bridgehead atoms. The number of carboxylic acids is 1. The van der Waals surface area contributed by atoms with E-state index in [1.54, 1.807) is 17.9 Å². The number of nitrogens with one attached hydrogen (secondary N) is 1. The third kappa shape index (κ3) is 5.62. The van der Waals surface area contributed by atoms with Gasteiger partial charge < -0.3 is 15.2 Å². The van der Waals surface area contributed by atoms with Crippen LogP contribution in [-0.2, 0) is 14.3 Å². The van der Waals surface area contributed by atoms with Crippen molar-refractivity contribution >= 4 is 33.5 Å². The molecule has 1 aliphatic rings. The van der Waals surface area contributed by atoms with Crippen LogP contribution in [0.2, 0.25) is 0 Å². The first kappa shape index (κ1) is 16.7. The Morgan fingerprint density at radius 2 is 1.89 bits per heavy atom. The van der Waals surface area contributed by atoms with Crippen LogP contribution in [0.25, 0.3) is 0 Å². The zero-order chi connectivity index (χ0) is 14.1. The Morgan fingerprint density at radius 3 is 2.47 bits per heavy atom. The summed E-state index contributed by atoms with van der Waals surface area (Å²) >= 11 is 0. The molecule has 0 aromatic rings. The summed E-state index contributed by atoms with van der Waals surface area (Å²) in [7, 11) is 4.71. The Labute approximate surface area is 121 Å². The molecular weight excluding hydrogens is 286 g/mol. The van der Waals surface area contributed by atoms with E-state index < -0.39 is 11.6 Å². The summed E-state index contributed by atoms with van der Waals surface area (Å²) in [6, 6.07) is 0. The quantitative estimate of drug-likeness (QED) is 0.501. The maximum absolute atomic E-state index is 12.0. The first-order valence-electron chi connectivity index (χ1n) is 6.40. The van der Waals surface area contributed by atoms with E-state index in [0.29, 0.717) is 12.3 Å². The van der Waals surface area contributed by atoms with Gasteiger partial charge in [0.25, 0.3) is 5.91 Å². The number of rotatable bonds is 9. The van der Waals surface area contributed by atoms with Crippen molar-refractivity contribution < 1.29 is 19.4 Å². The number of hydrogen-bond donors (Lipinski definition) is 2. The average Bonchev–Trinajstić information content (AvgIpc) is 2.87. The fourth-order valence-electron chi connectivity index (χ4n) is 2.08. The lowest BCUT2D eigenvalue weighted by atomic mass is 10.0. The van der Waals surface area contributed by atoms with E-state index in [1.807, 2.05) is 0 Å². The first-order chi connectivity index (χ1) is 9.10. The topological polar surface area (TPSA) is 75.6 Å². The largest absolute Gasteiger partial charge is 0.481 e. The minimum absolute atomic E-state index is 0.0105. The normalized spacial score (nSPS) is 17.3. The fourth-order valence-corrected chi connectivity index (χ4v) is 3.97. The SMILES string of the molecule is COC1(C(=O)NCCSSCCC(=O)O)CCCC1. The van der Waals surface area contributed by atoms with Crippen LogP contribution in [0.15, 0.2) is 0 Å². The smallest absolute Gasteiger partial charge is 0.304 e. The van der Waals surface area contributed by atoms with Crippen molar-refractivity contribution in [2.45, 2.75) is 37.7 Å². The second-order valence-corrected chi connectivity index (χ2v) is 7.15. The molecule has 2 N–H and O–H groups in total. The maximum Gasteiger partial charge on any atom is 0.304 e. The van der Waals surface area contributed by atoms with E-state index in [9.17, 15) is 9.59 Å². The number of hydrogen-bond acceptors (Lipinski definition) is 5. The number of amides is 1. The van der Waals surface area contributed by atoms with Crippen LogP contribution < -0.4 is 5.32 Å². The molecule has 19 heavy (non-hydrogen) atoms. The van der Waals surface area contributed by atoms with Crippen LogP contribution in [0.4, 0.5) is 0 Å². The average molecular weight is 307 g/mol. The summed E-state index contributed by atoms with van der Waals surface area (Å²) in [6.45, 7) is 0.592. The van der Waals surface area contributed by atoms with Crippen LogP contribution in [0.3, 0.4) is 0 Å². The van der Waals surface area contributed by atoms with Gasteiger partial charge in [-0.05, 0) is 25.7 Å². The molecule has 0 aliphatic heterocycles. The molecule has 1 rings (SSSR count). The summed E-state index contributed by atoms with van der Waals surface area (Å²) in [4.78, 5) is 22.3. The van der Waals surface area contributed by atoms with E-state index in [0.717, 1.165) is 31.4 Å². The van der Waals surface area contributed by atoms with Gasteiger partial charge in [0.05, 0.1) is 6.42 Å². The number of carboxylic acid groups (broad SMARTS) is 1. The molecule has 110 valence electrons. The zero-order valence-corrected chi connectivity index (χ0v) is 12.8. The molecule has 0 unspecified atom stereocenters. The lowest BCUT2D eigenvalue weighted by molar-refractivity contribution is -0.142. The molecular formula is C12H21NO4S2. The van der Waals surface area contributed by atoms with E-state index in [-0.39, 0.29) is 12.3 Å². The molecule has 5 nitrogen and oxygen atoms in total. The van der Waals surface area contributed by atoms with Gasteiger partial charge in [-0.2, -0.15) is 0 Å². The third-order valence-electron chi connectivity index (χ3n) is 3.17. The van der Waals surface area contributed by atoms with Gasteiger partial charge in [-0.15, -0.1) is 0 Å². The van der Waals surface area contributed by atoms with Crippen molar-refractivity contribution in [1.29, 1.82) is 0 Å². The molecule has 7 heteroatoms. The second-order valence-electron chi connectivity index (χ2n) is 4.45. The van der Waals surface area contributed by atoms with Gasteiger partial charge in [0.2, 0.25) is 0 Å². The van der Waals surface area contributed by atoms with Crippen LogP contribution >= 0.6 is 21.6 Å². The molecule has 1 fully saturated rings. The van der Waals surface area contributed by atoms with Crippen LogP contribution in [0.1, 0.15) is 32.1 Å². The third-order valence-corrected chi connectivity index (χ3v) is 5.58. The minimum atomic E-state index is -0.773. The maximum atomic E-state index is 12.0. The highest BCUT2D eigenvalue weighted by Gasteiger charge is 2.40.